The Bertz CT molecular complexity index is 642. The molecular weight excluding hydrogens is 341 g/mol. The Balaban J connectivity index is 1.78. The van der Waals surface area contributed by atoms with Crippen LogP contribution in [-0.2, 0) is 13.0 Å². The Morgan fingerprint density at radius 1 is 1.25 bits per heavy atom. The highest BCUT2D eigenvalue weighted by Crippen LogP contribution is 2.23. The van der Waals surface area contributed by atoms with Gasteiger partial charge in [0, 0.05) is 25.0 Å². The number of amides is 2. The molecule has 1 N–H and O–H groups in total. The van der Waals surface area contributed by atoms with Gasteiger partial charge in [0.05, 0.1) is 0 Å². The summed E-state index contributed by atoms with van der Waals surface area (Å²) in [7, 11) is 1.63. The van der Waals surface area contributed by atoms with E-state index < -0.39 is 6.36 Å². The summed E-state index contributed by atoms with van der Waals surface area (Å²) in [4.78, 5) is 14.6. The summed E-state index contributed by atoms with van der Waals surface area (Å²) >= 11 is 1.63. The van der Waals surface area contributed by atoms with Gasteiger partial charge in [-0.3, -0.25) is 0 Å². The first-order valence-corrected chi connectivity index (χ1v) is 8.07. The molecule has 4 nitrogen and oxygen atoms in total. The lowest BCUT2D eigenvalue weighted by Crippen LogP contribution is -2.37. The number of urea groups is 1. The van der Waals surface area contributed by atoms with Crippen molar-refractivity contribution < 1.29 is 22.7 Å². The van der Waals surface area contributed by atoms with Gasteiger partial charge in [-0.05, 0) is 35.6 Å². The summed E-state index contributed by atoms with van der Waals surface area (Å²) in [6.45, 7) is 0.819. The molecule has 2 aromatic rings. The van der Waals surface area contributed by atoms with Crippen LogP contribution in [0.2, 0.25) is 0 Å². The average Bonchev–Trinajstić information content (AvgIpc) is 3.01. The van der Waals surface area contributed by atoms with Crippen LogP contribution < -0.4 is 10.1 Å². The highest BCUT2D eigenvalue weighted by atomic mass is 32.1. The fourth-order valence-corrected chi connectivity index (χ4v) is 2.73. The van der Waals surface area contributed by atoms with E-state index in [9.17, 15) is 18.0 Å². The topological polar surface area (TPSA) is 41.6 Å². The van der Waals surface area contributed by atoms with E-state index >= 15 is 0 Å². The van der Waals surface area contributed by atoms with Crippen molar-refractivity contribution in [2.24, 2.45) is 0 Å². The first-order chi connectivity index (χ1) is 11.3. The predicted octanol–water partition coefficient (Wildman–Crippen LogP) is 4.03. The van der Waals surface area contributed by atoms with Gasteiger partial charge in [0.25, 0.3) is 0 Å². The van der Waals surface area contributed by atoms with E-state index in [0.29, 0.717) is 12.1 Å². The molecule has 2 amide bonds. The number of benzene rings is 1. The first-order valence-electron chi connectivity index (χ1n) is 7.19. The molecule has 2 rings (SSSR count). The molecule has 1 heterocycles. The highest BCUT2D eigenvalue weighted by molar-refractivity contribution is 7.09. The molecule has 0 unspecified atom stereocenters. The summed E-state index contributed by atoms with van der Waals surface area (Å²) in [5, 5.41) is 4.79. The fourth-order valence-electron chi connectivity index (χ4n) is 2.02. The maximum atomic E-state index is 12.1. The molecule has 1 aromatic heterocycles. The van der Waals surface area contributed by atoms with Crippen LogP contribution in [0.3, 0.4) is 0 Å². The van der Waals surface area contributed by atoms with Crippen molar-refractivity contribution in [2.75, 3.05) is 13.6 Å². The van der Waals surface area contributed by atoms with E-state index in [0.717, 1.165) is 6.42 Å². The van der Waals surface area contributed by atoms with Crippen LogP contribution >= 0.6 is 11.3 Å². The maximum absolute atomic E-state index is 12.1. The van der Waals surface area contributed by atoms with Crippen molar-refractivity contribution in [2.45, 2.75) is 19.3 Å². The minimum atomic E-state index is -4.71. The highest BCUT2D eigenvalue weighted by Gasteiger charge is 2.30. The van der Waals surface area contributed by atoms with Crippen molar-refractivity contribution in [3.8, 4) is 5.75 Å². The zero-order valence-electron chi connectivity index (χ0n) is 13.0. The molecule has 0 saturated carbocycles. The number of hydrogen-bond acceptors (Lipinski definition) is 3. The Morgan fingerprint density at radius 3 is 2.54 bits per heavy atom. The third-order valence-corrected chi connectivity index (χ3v) is 4.09. The van der Waals surface area contributed by atoms with Gasteiger partial charge in [-0.15, -0.1) is 24.5 Å². The van der Waals surface area contributed by atoms with Gasteiger partial charge < -0.3 is 15.0 Å². The van der Waals surface area contributed by atoms with Gasteiger partial charge in [-0.1, -0.05) is 18.2 Å². The SMILES string of the molecule is CN(Cc1ccc(OC(F)(F)F)cc1)C(=O)NCCc1cccs1. The maximum Gasteiger partial charge on any atom is 0.573 e. The molecule has 0 aliphatic heterocycles. The van der Waals surface area contributed by atoms with Gasteiger partial charge in [-0.2, -0.15) is 0 Å². The molecule has 0 spiro atoms. The minimum absolute atomic E-state index is 0.234. The number of alkyl halides is 3. The van der Waals surface area contributed by atoms with Crippen molar-refractivity contribution in [3.63, 3.8) is 0 Å². The Labute approximate surface area is 141 Å². The second-order valence-electron chi connectivity index (χ2n) is 5.11. The number of rotatable bonds is 6. The third-order valence-electron chi connectivity index (χ3n) is 3.15. The van der Waals surface area contributed by atoms with E-state index in [4.69, 9.17) is 0 Å². The van der Waals surface area contributed by atoms with E-state index in [-0.39, 0.29) is 18.3 Å². The number of ether oxygens (including phenoxy) is 1. The largest absolute Gasteiger partial charge is 0.573 e. The van der Waals surface area contributed by atoms with Gasteiger partial charge >= 0.3 is 12.4 Å². The number of carbonyl (C=O) groups is 1. The number of nitrogens with zero attached hydrogens (tertiary/aromatic N) is 1. The molecule has 0 aliphatic carbocycles. The molecule has 0 aliphatic rings. The normalized spacial score (nSPS) is 11.2. The second-order valence-corrected chi connectivity index (χ2v) is 6.14. The van der Waals surface area contributed by atoms with Crippen molar-refractivity contribution in [1.29, 1.82) is 0 Å². The summed E-state index contributed by atoms with van der Waals surface area (Å²) < 4.78 is 40.1. The lowest BCUT2D eigenvalue weighted by molar-refractivity contribution is -0.274. The molecule has 8 heteroatoms. The molecule has 0 atom stereocenters. The molecule has 0 bridgehead atoms. The number of halogens is 3. The summed E-state index contributed by atoms with van der Waals surface area (Å²) in [5.74, 6) is -0.283. The zero-order valence-corrected chi connectivity index (χ0v) is 13.8. The lowest BCUT2D eigenvalue weighted by Gasteiger charge is -2.18. The van der Waals surface area contributed by atoms with Crippen molar-refractivity contribution in [3.05, 3.63) is 52.2 Å². The molecule has 1 aromatic carbocycles. The molecular formula is C16H17F3N2O2S. The first kappa shape index (κ1) is 18.1. The van der Waals surface area contributed by atoms with Crippen LogP contribution in [0.15, 0.2) is 41.8 Å². The predicted molar refractivity (Wildman–Crippen MR) is 86.0 cm³/mol. The van der Waals surface area contributed by atoms with E-state index in [1.54, 1.807) is 18.4 Å². The zero-order chi connectivity index (χ0) is 17.6. The lowest BCUT2D eigenvalue weighted by atomic mass is 10.2. The molecule has 130 valence electrons. The smallest absolute Gasteiger partial charge is 0.406 e. The Morgan fingerprint density at radius 2 is 1.96 bits per heavy atom. The Hall–Kier alpha value is -2.22. The van der Waals surface area contributed by atoms with Gasteiger partial charge in [0.1, 0.15) is 5.75 Å². The Kier molecular flexibility index (Phi) is 6.08. The van der Waals surface area contributed by atoms with E-state index in [1.165, 1.54) is 34.0 Å². The van der Waals surface area contributed by atoms with Crippen LogP contribution in [0, 0.1) is 0 Å². The summed E-state index contributed by atoms with van der Waals surface area (Å²) in [6.07, 6.45) is -3.94. The standard InChI is InChI=1S/C16H17F3N2O2S/c1-21(15(22)20-9-8-14-3-2-10-24-14)11-12-4-6-13(7-5-12)23-16(17,18)19/h2-7,10H,8-9,11H2,1H3,(H,20,22). The van der Waals surface area contributed by atoms with Crippen molar-refractivity contribution in [1.82, 2.24) is 10.2 Å². The molecule has 24 heavy (non-hydrogen) atoms. The fraction of sp³-hybridized carbons (Fsp3) is 0.312. The van der Waals surface area contributed by atoms with Crippen LogP contribution in [0.4, 0.5) is 18.0 Å². The van der Waals surface area contributed by atoms with Gasteiger partial charge in [0.15, 0.2) is 0 Å². The van der Waals surface area contributed by atoms with Crippen LogP contribution in [0.25, 0.3) is 0 Å². The molecule has 0 fully saturated rings. The van der Waals surface area contributed by atoms with Crippen LogP contribution in [-0.4, -0.2) is 30.9 Å². The molecule has 0 saturated heterocycles. The monoisotopic (exact) mass is 358 g/mol. The van der Waals surface area contributed by atoms with Crippen LogP contribution in [0.5, 0.6) is 5.75 Å². The summed E-state index contributed by atoms with van der Waals surface area (Å²) in [6, 6.07) is 9.18. The second kappa shape index (κ2) is 8.05. The van der Waals surface area contributed by atoms with Crippen LogP contribution in [0.1, 0.15) is 10.4 Å². The molecule has 0 radical (unpaired) electrons. The number of thiophene rings is 1. The van der Waals surface area contributed by atoms with E-state index in [1.807, 2.05) is 17.5 Å². The average molecular weight is 358 g/mol. The third kappa shape index (κ3) is 6.11. The van der Waals surface area contributed by atoms with Gasteiger partial charge in [-0.25, -0.2) is 4.79 Å². The quantitative estimate of drug-likeness (QED) is 0.847. The number of carbonyl (C=O) groups excluding carboxylic acids is 1. The van der Waals surface area contributed by atoms with Crippen molar-refractivity contribution >= 4 is 17.4 Å². The summed E-state index contributed by atoms with van der Waals surface area (Å²) in [5.41, 5.74) is 0.709. The van der Waals surface area contributed by atoms with Gasteiger partial charge in [0.2, 0.25) is 0 Å². The number of nitrogens with one attached hydrogen (secondary N) is 1. The minimum Gasteiger partial charge on any atom is -0.406 e. The number of hydrogen-bond donors (Lipinski definition) is 1. The van der Waals surface area contributed by atoms with E-state index in [2.05, 4.69) is 10.1 Å².